The summed E-state index contributed by atoms with van der Waals surface area (Å²) in [6.07, 6.45) is 3.12. The molecule has 0 aromatic carbocycles. The number of allylic oxidation sites excluding steroid dienone is 1. The van der Waals surface area contributed by atoms with E-state index in [0.29, 0.717) is 23.4 Å². The number of aliphatic carboxylic acids is 1. The fraction of sp³-hybridized carbons (Fsp3) is 0.375. The van der Waals surface area contributed by atoms with Crippen molar-refractivity contribution in [3.8, 4) is 0 Å². The summed E-state index contributed by atoms with van der Waals surface area (Å²) in [6, 6.07) is 10.4. The summed E-state index contributed by atoms with van der Waals surface area (Å²) in [5.41, 5.74) is 10.3. The summed E-state index contributed by atoms with van der Waals surface area (Å²) in [5.74, 6) is -1.46. The molecule has 8 heteroatoms. The maximum absolute atomic E-state index is 12.7. The summed E-state index contributed by atoms with van der Waals surface area (Å²) >= 11 is 0. The number of aromatic amines is 2. The van der Waals surface area contributed by atoms with Gasteiger partial charge in [-0.3, -0.25) is 14.6 Å². The van der Waals surface area contributed by atoms with Gasteiger partial charge in [-0.15, -0.1) is 0 Å². The monoisotopic (exact) mass is 540 g/mol. The Morgan fingerprint density at radius 3 is 2.27 bits per heavy atom. The normalized spacial score (nSPS) is 18.4. The first-order valence-corrected chi connectivity index (χ1v) is 13.7. The molecule has 3 aromatic heterocycles. The third-order valence-electron chi connectivity index (χ3n) is 8.50. The van der Waals surface area contributed by atoms with E-state index in [1.54, 1.807) is 0 Å². The van der Waals surface area contributed by atoms with Crippen LogP contribution in [0.4, 0.5) is 0 Å². The summed E-state index contributed by atoms with van der Waals surface area (Å²) in [4.78, 5) is 41.6. The molecule has 8 bridgehead atoms. The number of aryl methyl sites for hydroxylation is 2. The summed E-state index contributed by atoms with van der Waals surface area (Å²) in [7, 11) is 1.37. The second-order valence-corrected chi connectivity index (χ2v) is 11.2. The average Bonchev–Trinajstić information content (AvgIpc) is 3.62. The molecule has 5 heterocycles. The van der Waals surface area contributed by atoms with Gasteiger partial charge < -0.3 is 19.8 Å². The number of H-pyrrole nitrogens is 2. The standard InChI is InChI=1S/C32H36N4O4/c1-7-32(5)23(8-9-29(37)38)31-22(15-30(39)40-6)27-12-19(4)25(35-27)14-21-10-17(2)24(33-21)13-20-11-18(3)26(34-20)16-28(32)36-31/h10-14,16,23,33-34H,7-9,15H2,1-6H3,(H,37,38). The van der Waals surface area contributed by atoms with Crippen LogP contribution < -0.4 is 0 Å². The lowest BCUT2D eigenvalue weighted by atomic mass is 9.70. The van der Waals surface area contributed by atoms with Crippen LogP contribution >= 0.6 is 0 Å². The zero-order valence-corrected chi connectivity index (χ0v) is 23.9. The largest absolute Gasteiger partial charge is 0.481 e. The summed E-state index contributed by atoms with van der Waals surface area (Å²) in [6.45, 7) is 10.4. The van der Waals surface area contributed by atoms with Crippen LogP contribution in [-0.2, 0) is 26.2 Å². The number of carboxylic acid groups (broad SMARTS) is 1. The topological polar surface area (TPSA) is 121 Å². The number of fused-ring (bicyclic) bond motifs is 8. The molecule has 2 atom stereocenters. The summed E-state index contributed by atoms with van der Waals surface area (Å²) in [5, 5.41) is 9.61. The Bertz CT molecular complexity index is 1710. The van der Waals surface area contributed by atoms with Crippen LogP contribution in [0.5, 0.6) is 0 Å². The lowest BCUT2D eigenvalue weighted by Gasteiger charge is -2.31. The Morgan fingerprint density at radius 2 is 1.65 bits per heavy atom. The number of nitrogens with one attached hydrogen (secondary N) is 2. The van der Waals surface area contributed by atoms with E-state index in [4.69, 9.17) is 14.7 Å². The van der Waals surface area contributed by atoms with E-state index >= 15 is 0 Å². The molecule has 2 aliphatic rings. The minimum absolute atomic E-state index is 0.000514. The molecule has 208 valence electrons. The number of methoxy groups -OCH3 is 1. The number of carbonyl (C=O) groups excluding carboxylic acids is 1. The van der Waals surface area contributed by atoms with Crippen LogP contribution in [-0.4, -0.2) is 44.1 Å². The van der Waals surface area contributed by atoms with Gasteiger partial charge in [-0.1, -0.05) is 13.8 Å². The number of hydrogen-bond donors (Lipinski definition) is 3. The second kappa shape index (κ2) is 10.4. The Balaban J connectivity index is 1.94. The van der Waals surface area contributed by atoms with Crippen molar-refractivity contribution in [2.24, 2.45) is 0 Å². The number of aromatic nitrogens is 4. The van der Waals surface area contributed by atoms with Crippen molar-refractivity contribution >= 4 is 45.7 Å². The first kappa shape index (κ1) is 27.4. The van der Waals surface area contributed by atoms with Gasteiger partial charge in [0, 0.05) is 51.1 Å². The Morgan fingerprint density at radius 1 is 1.00 bits per heavy atom. The molecule has 0 radical (unpaired) electrons. The van der Waals surface area contributed by atoms with Crippen LogP contribution in [0, 0.1) is 13.8 Å². The fourth-order valence-electron chi connectivity index (χ4n) is 5.90. The maximum Gasteiger partial charge on any atom is 0.310 e. The van der Waals surface area contributed by atoms with E-state index in [-0.39, 0.29) is 18.8 Å². The van der Waals surface area contributed by atoms with Gasteiger partial charge in [0.2, 0.25) is 0 Å². The van der Waals surface area contributed by atoms with Crippen LogP contribution in [0.2, 0.25) is 0 Å². The van der Waals surface area contributed by atoms with Gasteiger partial charge in [0.1, 0.15) is 0 Å². The first-order chi connectivity index (χ1) is 19.0. The number of carbonyl (C=O) groups is 2. The van der Waals surface area contributed by atoms with Gasteiger partial charge >= 0.3 is 11.9 Å². The lowest BCUT2D eigenvalue weighted by Crippen LogP contribution is -2.27. The van der Waals surface area contributed by atoms with E-state index in [2.05, 4.69) is 61.9 Å². The van der Waals surface area contributed by atoms with Gasteiger partial charge in [0.05, 0.1) is 30.6 Å². The molecule has 0 aliphatic carbocycles. The van der Waals surface area contributed by atoms with Crippen molar-refractivity contribution in [1.29, 1.82) is 0 Å². The van der Waals surface area contributed by atoms with Crippen LogP contribution in [0.3, 0.4) is 0 Å². The number of esters is 1. The van der Waals surface area contributed by atoms with E-state index in [1.165, 1.54) is 7.11 Å². The molecular weight excluding hydrogens is 504 g/mol. The lowest BCUT2D eigenvalue weighted by molar-refractivity contribution is -0.140. The highest BCUT2D eigenvalue weighted by atomic mass is 16.5. The SMILES string of the molecule is CCC1(C)c2cc3[nH]c(cc3C)cc3[nH]c(cc4nc(c(CC(=O)OC)c(n2)C1CCC(=O)O)C=C4C)cc3C. The van der Waals surface area contributed by atoms with E-state index in [1.807, 2.05) is 19.1 Å². The molecule has 3 N–H and O–H groups in total. The Hall–Kier alpha value is -4.20. The van der Waals surface area contributed by atoms with Gasteiger partial charge in [-0.05, 0) is 86.7 Å². The second-order valence-electron chi connectivity index (χ2n) is 11.2. The van der Waals surface area contributed by atoms with Crippen molar-refractivity contribution in [3.05, 3.63) is 69.8 Å². The molecule has 2 unspecified atom stereocenters. The molecule has 0 saturated carbocycles. The van der Waals surface area contributed by atoms with Crippen molar-refractivity contribution in [3.63, 3.8) is 0 Å². The molecule has 3 aromatic rings. The molecule has 0 fully saturated rings. The molecule has 40 heavy (non-hydrogen) atoms. The fourth-order valence-corrected chi connectivity index (χ4v) is 5.90. The Labute approximate surface area is 233 Å². The Kier molecular flexibility index (Phi) is 7.12. The predicted molar refractivity (Wildman–Crippen MR) is 157 cm³/mol. The number of nitrogens with zero attached hydrogens (tertiary/aromatic N) is 2. The highest BCUT2D eigenvalue weighted by Gasteiger charge is 2.43. The highest BCUT2D eigenvalue weighted by molar-refractivity contribution is 5.85. The van der Waals surface area contributed by atoms with Gasteiger partial charge in [0.25, 0.3) is 0 Å². The molecule has 8 nitrogen and oxygen atoms in total. The number of rotatable bonds is 6. The van der Waals surface area contributed by atoms with E-state index in [9.17, 15) is 14.7 Å². The maximum atomic E-state index is 12.7. The molecule has 5 rings (SSSR count). The van der Waals surface area contributed by atoms with Crippen molar-refractivity contribution in [2.45, 2.75) is 71.6 Å². The van der Waals surface area contributed by atoms with E-state index < -0.39 is 17.4 Å². The molecule has 0 saturated heterocycles. The average molecular weight is 541 g/mol. The number of hydrogen-bond acceptors (Lipinski definition) is 5. The quantitative estimate of drug-likeness (QED) is 0.306. The predicted octanol–water partition coefficient (Wildman–Crippen LogP) is 6.52. The van der Waals surface area contributed by atoms with Crippen LogP contribution in [0.15, 0.2) is 30.3 Å². The van der Waals surface area contributed by atoms with Gasteiger partial charge in [-0.25, -0.2) is 4.98 Å². The third-order valence-corrected chi connectivity index (χ3v) is 8.50. The molecular formula is C32H36N4O4. The van der Waals surface area contributed by atoms with Gasteiger partial charge in [0.15, 0.2) is 0 Å². The first-order valence-electron chi connectivity index (χ1n) is 13.7. The zero-order chi connectivity index (χ0) is 28.8. The third kappa shape index (κ3) is 4.94. The minimum Gasteiger partial charge on any atom is -0.481 e. The van der Waals surface area contributed by atoms with Crippen molar-refractivity contribution in [1.82, 2.24) is 19.9 Å². The van der Waals surface area contributed by atoms with Gasteiger partial charge in [-0.2, -0.15) is 0 Å². The summed E-state index contributed by atoms with van der Waals surface area (Å²) < 4.78 is 5.08. The zero-order valence-electron chi connectivity index (χ0n) is 23.9. The molecule has 0 amide bonds. The number of carboxylic acids is 1. The highest BCUT2D eigenvalue weighted by Crippen LogP contribution is 2.48. The van der Waals surface area contributed by atoms with Crippen molar-refractivity contribution in [2.75, 3.05) is 7.11 Å². The van der Waals surface area contributed by atoms with E-state index in [0.717, 1.165) is 56.6 Å². The van der Waals surface area contributed by atoms with Crippen LogP contribution in [0.25, 0.3) is 33.7 Å². The van der Waals surface area contributed by atoms with Crippen LogP contribution in [0.1, 0.15) is 85.4 Å². The number of ether oxygens (including phenoxy) is 1. The molecule has 0 spiro atoms. The van der Waals surface area contributed by atoms with Crippen molar-refractivity contribution < 1.29 is 19.4 Å². The molecule has 2 aliphatic heterocycles. The smallest absolute Gasteiger partial charge is 0.310 e. The minimum atomic E-state index is -0.858.